The highest BCUT2D eigenvalue weighted by Gasteiger charge is 2.10. The van der Waals surface area contributed by atoms with E-state index in [1.54, 1.807) is 12.2 Å². The molecule has 1 aliphatic carbocycles. The second-order valence-corrected chi connectivity index (χ2v) is 2.78. The number of nitrogens with one attached hydrogen (secondary N) is 1. The lowest BCUT2D eigenvalue weighted by Crippen LogP contribution is -2.04. The lowest BCUT2D eigenvalue weighted by molar-refractivity contribution is 1.41. The molecular weight excluding hydrogens is 158 g/mol. The summed E-state index contributed by atoms with van der Waals surface area (Å²) in [5.41, 5.74) is 3.25. The maximum absolute atomic E-state index is 7.58. The van der Waals surface area contributed by atoms with Crippen LogP contribution in [0.2, 0.25) is 0 Å². The van der Waals surface area contributed by atoms with Gasteiger partial charge in [-0.2, -0.15) is 0 Å². The molecule has 0 radical (unpaired) electrons. The van der Waals surface area contributed by atoms with Gasteiger partial charge in [0.05, 0.1) is 5.71 Å². The Morgan fingerprint density at radius 3 is 2.77 bits per heavy atom. The SMILES string of the molecule is C=C/C(=C\C)C1=CC=CC(=N)C1=C. The van der Waals surface area contributed by atoms with E-state index < -0.39 is 0 Å². The Bertz CT molecular complexity index is 351. The van der Waals surface area contributed by atoms with E-state index in [4.69, 9.17) is 5.41 Å². The Labute approximate surface area is 79.0 Å². The van der Waals surface area contributed by atoms with Crippen LogP contribution in [-0.2, 0) is 0 Å². The summed E-state index contributed by atoms with van der Waals surface area (Å²) < 4.78 is 0. The minimum Gasteiger partial charge on any atom is -0.300 e. The normalized spacial score (nSPS) is 17.3. The van der Waals surface area contributed by atoms with Crippen molar-refractivity contribution >= 4 is 5.71 Å². The molecule has 0 saturated heterocycles. The van der Waals surface area contributed by atoms with Gasteiger partial charge >= 0.3 is 0 Å². The molecule has 1 N–H and O–H groups in total. The average molecular weight is 171 g/mol. The van der Waals surface area contributed by atoms with E-state index in [0.717, 1.165) is 16.7 Å². The van der Waals surface area contributed by atoms with Crippen molar-refractivity contribution in [2.24, 2.45) is 0 Å². The summed E-state index contributed by atoms with van der Waals surface area (Å²) in [7, 11) is 0. The molecule has 0 fully saturated rings. The molecule has 1 heteroatoms. The molecule has 0 spiro atoms. The maximum Gasteiger partial charge on any atom is 0.0612 e. The Balaban J connectivity index is 3.11. The first-order valence-electron chi connectivity index (χ1n) is 4.16. The highest BCUT2D eigenvalue weighted by Crippen LogP contribution is 2.23. The van der Waals surface area contributed by atoms with E-state index in [-0.39, 0.29) is 0 Å². The van der Waals surface area contributed by atoms with Gasteiger partial charge in [-0.1, -0.05) is 37.5 Å². The molecular formula is C12H13N. The molecule has 1 aliphatic rings. The molecule has 66 valence electrons. The first-order valence-corrected chi connectivity index (χ1v) is 4.16. The summed E-state index contributed by atoms with van der Waals surface area (Å²) >= 11 is 0. The summed E-state index contributed by atoms with van der Waals surface area (Å²) in [5.74, 6) is 0. The fourth-order valence-corrected chi connectivity index (χ4v) is 1.24. The molecule has 0 aromatic heterocycles. The van der Waals surface area contributed by atoms with Gasteiger partial charge in [-0.3, -0.25) is 0 Å². The van der Waals surface area contributed by atoms with Gasteiger partial charge < -0.3 is 5.41 Å². The number of hydrogen-bond acceptors (Lipinski definition) is 1. The third-order valence-electron chi connectivity index (χ3n) is 2.02. The number of hydrogen-bond donors (Lipinski definition) is 1. The number of allylic oxidation sites excluding steroid dienone is 8. The van der Waals surface area contributed by atoms with Crippen molar-refractivity contribution in [3.8, 4) is 0 Å². The van der Waals surface area contributed by atoms with Gasteiger partial charge in [-0.25, -0.2) is 0 Å². The van der Waals surface area contributed by atoms with Crippen LogP contribution in [0.1, 0.15) is 6.92 Å². The molecule has 0 heterocycles. The van der Waals surface area contributed by atoms with Crippen molar-refractivity contribution in [3.05, 3.63) is 60.3 Å². The van der Waals surface area contributed by atoms with Crippen molar-refractivity contribution in [2.75, 3.05) is 0 Å². The summed E-state index contributed by atoms with van der Waals surface area (Å²) in [6, 6.07) is 0. The Morgan fingerprint density at radius 2 is 2.23 bits per heavy atom. The molecule has 0 aromatic carbocycles. The fourth-order valence-electron chi connectivity index (χ4n) is 1.24. The lowest BCUT2D eigenvalue weighted by atomic mass is 9.92. The van der Waals surface area contributed by atoms with E-state index >= 15 is 0 Å². The van der Waals surface area contributed by atoms with Crippen LogP contribution in [0.15, 0.2) is 60.3 Å². The topological polar surface area (TPSA) is 23.9 Å². The van der Waals surface area contributed by atoms with E-state index in [1.807, 2.05) is 25.2 Å². The predicted molar refractivity (Wildman–Crippen MR) is 58.0 cm³/mol. The average Bonchev–Trinajstić information content (AvgIpc) is 2.14. The highest BCUT2D eigenvalue weighted by molar-refractivity contribution is 6.11. The van der Waals surface area contributed by atoms with Gasteiger partial charge in [-0.15, -0.1) is 0 Å². The van der Waals surface area contributed by atoms with Crippen LogP contribution >= 0.6 is 0 Å². The van der Waals surface area contributed by atoms with Crippen LogP contribution in [0, 0.1) is 5.41 Å². The van der Waals surface area contributed by atoms with Gasteiger partial charge in [0, 0.05) is 5.57 Å². The lowest BCUT2D eigenvalue weighted by Gasteiger charge is -2.13. The molecule has 1 nitrogen and oxygen atoms in total. The monoisotopic (exact) mass is 171 g/mol. The molecule has 0 amide bonds. The molecule has 0 saturated carbocycles. The first kappa shape index (κ1) is 9.46. The smallest absolute Gasteiger partial charge is 0.0612 e. The maximum atomic E-state index is 7.58. The Morgan fingerprint density at radius 1 is 1.54 bits per heavy atom. The second-order valence-electron chi connectivity index (χ2n) is 2.78. The van der Waals surface area contributed by atoms with Crippen molar-refractivity contribution < 1.29 is 0 Å². The van der Waals surface area contributed by atoms with Crippen LogP contribution in [-0.4, -0.2) is 5.71 Å². The molecule has 0 bridgehead atoms. The van der Waals surface area contributed by atoms with Gasteiger partial charge in [-0.05, 0) is 24.1 Å². The first-order chi connectivity index (χ1) is 6.20. The van der Waals surface area contributed by atoms with Gasteiger partial charge in [0.15, 0.2) is 0 Å². The van der Waals surface area contributed by atoms with E-state index in [9.17, 15) is 0 Å². The highest BCUT2D eigenvalue weighted by atomic mass is 14.4. The van der Waals surface area contributed by atoms with Crippen LogP contribution in [0.5, 0.6) is 0 Å². The third-order valence-corrected chi connectivity index (χ3v) is 2.02. The Kier molecular flexibility index (Phi) is 2.80. The molecule has 13 heavy (non-hydrogen) atoms. The van der Waals surface area contributed by atoms with Crippen molar-refractivity contribution in [1.82, 2.24) is 0 Å². The van der Waals surface area contributed by atoms with E-state index in [2.05, 4.69) is 13.2 Å². The fraction of sp³-hybridized carbons (Fsp3) is 0.0833. The van der Waals surface area contributed by atoms with Crippen molar-refractivity contribution in [2.45, 2.75) is 6.92 Å². The standard InChI is InChI=1S/C12H13N/c1-4-10(5-2)11-7-6-8-12(13)9(11)3/h4-8,13H,1,3H2,2H3/b10-5+,13-12?. The molecule has 0 atom stereocenters. The predicted octanol–water partition coefficient (Wildman–Crippen LogP) is 3.19. The van der Waals surface area contributed by atoms with Crippen LogP contribution in [0.4, 0.5) is 0 Å². The molecule has 0 unspecified atom stereocenters. The van der Waals surface area contributed by atoms with Gasteiger partial charge in [0.25, 0.3) is 0 Å². The minimum atomic E-state index is 0.471. The van der Waals surface area contributed by atoms with Gasteiger partial charge in [0.1, 0.15) is 0 Å². The largest absolute Gasteiger partial charge is 0.300 e. The molecule has 0 aliphatic heterocycles. The minimum absolute atomic E-state index is 0.471. The van der Waals surface area contributed by atoms with Crippen LogP contribution in [0.25, 0.3) is 0 Å². The van der Waals surface area contributed by atoms with Crippen molar-refractivity contribution in [3.63, 3.8) is 0 Å². The van der Waals surface area contributed by atoms with Gasteiger partial charge in [0.2, 0.25) is 0 Å². The third kappa shape index (κ3) is 1.75. The number of rotatable bonds is 2. The summed E-state index contributed by atoms with van der Waals surface area (Å²) in [5, 5.41) is 7.58. The molecule has 1 rings (SSSR count). The zero-order valence-corrected chi connectivity index (χ0v) is 7.80. The second kappa shape index (κ2) is 3.85. The van der Waals surface area contributed by atoms with Crippen LogP contribution < -0.4 is 0 Å². The van der Waals surface area contributed by atoms with E-state index in [1.165, 1.54) is 0 Å². The Hall–Kier alpha value is -1.63. The zero-order valence-electron chi connectivity index (χ0n) is 7.80. The molecule has 0 aromatic rings. The summed E-state index contributed by atoms with van der Waals surface area (Å²) in [4.78, 5) is 0. The summed E-state index contributed by atoms with van der Waals surface area (Å²) in [6.45, 7) is 9.53. The summed E-state index contributed by atoms with van der Waals surface area (Å²) in [6.07, 6.45) is 9.30. The zero-order chi connectivity index (χ0) is 9.84. The van der Waals surface area contributed by atoms with E-state index in [0.29, 0.717) is 5.71 Å². The van der Waals surface area contributed by atoms with Crippen LogP contribution in [0.3, 0.4) is 0 Å². The quantitative estimate of drug-likeness (QED) is 0.617. The van der Waals surface area contributed by atoms with Crippen molar-refractivity contribution in [1.29, 1.82) is 5.41 Å².